The molecule has 0 aliphatic rings. The topological polar surface area (TPSA) is 201 Å². The van der Waals surface area contributed by atoms with E-state index in [0.29, 0.717) is 0 Å². The van der Waals surface area contributed by atoms with Crippen LogP contribution in [0.1, 0.15) is 13.8 Å². The average molecular weight is 494 g/mol. The zero-order valence-electron chi connectivity index (χ0n) is 19.5. The van der Waals surface area contributed by atoms with E-state index in [0.717, 1.165) is 34.5 Å². The van der Waals surface area contributed by atoms with Crippen LogP contribution >= 0.6 is 0 Å². The number of ketones is 1. The summed E-state index contributed by atoms with van der Waals surface area (Å²) in [6, 6.07) is 0. The van der Waals surface area contributed by atoms with Gasteiger partial charge in [-0.15, -0.1) is 0 Å². The third-order valence-corrected chi connectivity index (χ3v) is 2.54. The summed E-state index contributed by atoms with van der Waals surface area (Å²) in [5, 5.41) is 0. The maximum absolute atomic E-state index is 10.0. The minimum Gasteiger partial charge on any atom is -0.469 e. The van der Waals surface area contributed by atoms with Crippen LogP contribution in [0.3, 0.4) is 0 Å². The molecule has 0 atom stereocenters. The van der Waals surface area contributed by atoms with Crippen molar-refractivity contribution < 1.29 is 69.8 Å². The van der Waals surface area contributed by atoms with Crippen molar-refractivity contribution >= 4 is 45.9 Å². The Labute approximate surface area is 186 Å². The van der Waals surface area contributed by atoms with Crippen molar-refractivity contribution in [1.82, 2.24) is 0 Å². The molecule has 15 nitrogen and oxygen atoms in total. The van der Waals surface area contributed by atoms with Gasteiger partial charge in [-0.1, -0.05) is 0 Å². The van der Waals surface area contributed by atoms with E-state index in [-0.39, 0.29) is 5.97 Å². The van der Waals surface area contributed by atoms with E-state index >= 15 is 0 Å². The van der Waals surface area contributed by atoms with Crippen LogP contribution in [0.5, 0.6) is 0 Å². The standard InChI is InChI=1S/C4H6O4.C4H6O3.C3H6O3.C3H6O2.C2H6O3S/c1-7-3(5)4(6)8-2;1-3(5)4(6)7-2;1-5-3(4)6-2;1-3(4)5-2;1-5-6(2,3)4/h1-2H3;1-2H3;1-2H3;1-2H3;1-2H3. The highest BCUT2D eigenvalue weighted by Gasteiger charge is 2.11. The molecule has 0 aromatic carbocycles. The highest BCUT2D eigenvalue weighted by molar-refractivity contribution is 7.85. The van der Waals surface area contributed by atoms with Gasteiger partial charge in [-0.25, -0.2) is 19.2 Å². The van der Waals surface area contributed by atoms with Crippen LogP contribution in [0.25, 0.3) is 0 Å². The van der Waals surface area contributed by atoms with Gasteiger partial charge in [0, 0.05) is 13.8 Å². The second-order valence-electron chi connectivity index (χ2n) is 4.26. The van der Waals surface area contributed by atoms with Crippen LogP contribution < -0.4 is 0 Å². The SMILES string of the molecule is COC(=O)C(=O)OC.COC(=O)C(C)=O.COC(=O)OC.COC(C)=O.COS(C)(=O)=O. The summed E-state index contributed by atoms with van der Waals surface area (Å²) in [5.41, 5.74) is 0. The summed E-state index contributed by atoms with van der Waals surface area (Å²) >= 11 is 0. The maximum Gasteiger partial charge on any atom is 0.507 e. The molecular formula is C16H30O15S. The summed E-state index contributed by atoms with van der Waals surface area (Å²) < 4.78 is 47.7. The van der Waals surface area contributed by atoms with Crippen molar-refractivity contribution in [2.75, 3.05) is 56.0 Å². The van der Waals surface area contributed by atoms with Gasteiger partial charge in [-0.2, -0.15) is 8.42 Å². The van der Waals surface area contributed by atoms with Gasteiger partial charge in [-0.05, 0) is 0 Å². The number of methoxy groups -OCH3 is 6. The number of carbonyl (C=O) groups excluding carboxylic acids is 6. The zero-order valence-corrected chi connectivity index (χ0v) is 20.3. The number of ether oxygens (including phenoxy) is 6. The van der Waals surface area contributed by atoms with Crippen molar-refractivity contribution in [3.05, 3.63) is 0 Å². The molecule has 0 heterocycles. The lowest BCUT2D eigenvalue weighted by atomic mass is 10.5. The first-order valence-corrected chi connectivity index (χ1v) is 9.53. The van der Waals surface area contributed by atoms with Crippen LogP contribution in [0.2, 0.25) is 0 Å². The summed E-state index contributed by atoms with van der Waals surface area (Å²) in [6.45, 7) is 2.52. The number of hydrogen-bond acceptors (Lipinski definition) is 15. The molecule has 0 unspecified atom stereocenters. The van der Waals surface area contributed by atoms with Gasteiger partial charge in [0.25, 0.3) is 10.1 Å². The number of carbonyl (C=O) groups is 6. The van der Waals surface area contributed by atoms with Gasteiger partial charge < -0.3 is 28.4 Å². The quantitative estimate of drug-likeness (QED) is 0.201. The Balaban J connectivity index is -0.0000000958. The first-order chi connectivity index (χ1) is 14.5. The number of rotatable bonds is 2. The molecule has 0 N–H and O–H groups in total. The summed E-state index contributed by atoms with van der Waals surface area (Å²) in [7, 11) is 5.21. The monoisotopic (exact) mass is 494 g/mol. The summed E-state index contributed by atoms with van der Waals surface area (Å²) in [5.74, 6) is -3.56. The Morgan fingerprint density at radius 1 is 0.531 bits per heavy atom. The van der Waals surface area contributed by atoms with E-state index in [1.807, 2.05) is 0 Å². The molecule has 32 heavy (non-hydrogen) atoms. The molecule has 0 aliphatic carbocycles. The largest absolute Gasteiger partial charge is 0.507 e. The highest BCUT2D eigenvalue weighted by atomic mass is 32.2. The Hall–Kier alpha value is -3.27. The van der Waals surface area contributed by atoms with Gasteiger partial charge in [0.1, 0.15) is 0 Å². The zero-order chi connectivity index (χ0) is 26.9. The van der Waals surface area contributed by atoms with Crippen molar-refractivity contribution in [3.8, 4) is 0 Å². The lowest BCUT2D eigenvalue weighted by Gasteiger charge is -1.92. The van der Waals surface area contributed by atoms with Gasteiger partial charge in [0.2, 0.25) is 5.78 Å². The van der Waals surface area contributed by atoms with E-state index in [4.69, 9.17) is 0 Å². The molecular weight excluding hydrogens is 464 g/mol. The number of hydrogen-bond donors (Lipinski definition) is 0. The molecule has 0 aromatic heterocycles. The van der Waals surface area contributed by atoms with Gasteiger partial charge >= 0.3 is 30.0 Å². The Kier molecular flexibility index (Phi) is 31.6. The van der Waals surface area contributed by atoms with Crippen molar-refractivity contribution in [3.63, 3.8) is 0 Å². The Morgan fingerprint density at radius 2 is 0.781 bits per heavy atom. The van der Waals surface area contributed by atoms with Crippen LogP contribution in [-0.4, -0.2) is 100 Å². The molecule has 0 fully saturated rings. The lowest BCUT2D eigenvalue weighted by molar-refractivity contribution is -0.164. The molecule has 0 rings (SSSR count). The number of Topliss-reactive ketones (excluding diaryl/α,β-unsaturated/α-hetero) is 1. The normalized spacial score (nSPS) is 8.19. The van der Waals surface area contributed by atoms with Crippen molar-refractivity contribution in [1.29, 1.82) is 0 Å². The van der Waals surface area contributed by atoms with Crippen molar-refractivity contribution in [2.45, 2.75) is 13.8 Å². The molecule has 190 valence electrons. The van der Waals surface area contributed by atoms with Crippen molar-refractivity contribution in [2.24, 2.45) is 0 Å². The second kappa shape index (κ2) is 25.8. The molecule has 0 saturated carbocycles. The minimum absolute atomic E-state index is 0.245. The minimum atomic E-state index is -3.16. The van der Waals surface area contributed by atoms with E-state index in [2.05, 4.69) is 32.6 Å². The number of esters is 4. The first kappa shape index (κ1) is 39.2. The predicted molar refractivity (Wildman–Crippen MR) is 106 cm³/mol. The molecule has 0 aromatic rings. The van der Waals surface area contributed by atoms with Crippen LogP contribution in [0.15, 0.2) is 0 Å². The van der Waals surface area contributed by atoms with Crippen LogP contribution in [-0.2, 0) is 66.7 Å². The maximum atomic E-state index is 10.0. The summed E-state index contributed by atoms with van der Waals surface area (Å²) in [6.07, 6.45) is 0.336. The van der Waals surface area contributed by atoms with E-state index in [1.165, 1.54) is 35.4 Å². The molecule has 16 heteroatoms. The van der Waals surface area contributed by atoms with Gasteiger partial charge in [0.15, 0.2) is 0 Å². The lowest BCUT2D eigenvalue weighted by Crippen LogP contribution is -2.16. The predicted octanol–water partition coefficient (Wildman–Crippen LogP) is -0.748. The second-order valence-corrected chi connectivity index (χ2v) is 6.00. The average Bonchev–Trinajstić information content (AvgIpc) is 2.77. The Bertz CT molecular complexity index is 647. The molecule has 0 bridgehead atoms. The third-order valence-electron chi connectivity index (χ3n) is 1.93. The van der Waals surface area contributed by atoms with Gasteiger partial charge in [-0.3, -0.25) is 13.8 Å². The molecule has 0 aliphatic heterocycles. The molecule has 0 radical (unpaired) electrons. The van der Waals surface area contributed by atoms with Crippen LogP contribution in [0.4, 0.5) is 4.79 Å². The van der Waals surface area contributed by atoms with E-state index < -0.39 is 40.0 Å². The molecule has 0 saturated heterocycles. The molecule has 0 amide bonds. The molecule has 0 spiro atoms. The fourth-order valence-electron chi connectivity index (χ4n) is 0.394. The first-order valence-electron chi connectivity index (χ1n) is 7.72. The fourth-order valence-corrected chi connectivity index (χ4v) is 0.394. The van der Waals surface area contributed by atoms with E-state index in [9.17, 15) is 37.2 Å². The highest BCUT2D eigenvalue weighted by Crippen LogP contribution is 1.76. The van der Waals surface area contributed by atoms with E-state index in [1.54, 1.807) is 0 Å². The third kappa shape index (κ3) is 45.5. The van der Waals surface area contributed by atoms with Gasteiger partial charge in [0.05, 0.1) is 56.0 Å². The van der Waals surface area contributed by atoms with Crippen LogP contribution in [0, 0.1) is 0 Å². The fraction of sp³-hybridized carbons (Fsp3) is 0.625. The smallest absolute Gasteiger partial charge is 0.469 e. The summed E-state index contributed by atoms with van der Waals surface area (Å²) in [4.78, 5) is 59.3. The Morgan fingerprint density at radius 3 is 0.812 bits per heavy atom.